The molecule has 0 heterocycles. The van der Waals surface area contributed by atoms with Crippen molar-refractivity contribution in [3.05, 3.63) is 35.9 Å². The summed E-state index contributed by atoms with van der Waals surface area (Å²) in [5.41, 5.74) is 3.44. The smallest absolute Gasteiger partial charge is 0.243 e. The van der Waals surface area contributed by atoms with Crippen LogP contribution in [0.2, 0.25) is 0 Å². The standard InChI is InChI=1S/C13H19NO3/c1-2-16-10-6-9-13(15)14-17-11-12-7-4-3-5-8-12/h3-5,7-8H,2,6,9-11H2,1H3,(H,14,15). The highest BCUT2D eigenvalue weighted by molar-refractivity contribution is 5.74. The van der Waals surface area contributed by atoms with Crippen LogP contribution in [-0.2, 0) is 21.0 Å². The Bertz CT molecular complexity index is 314. The lowest BCUT2D eigenvalue weighted by molar-refractivity contribution is -0.134. The van der Waals surface area contributed by atoms with Gasteiger partial charge in [0, 0.05) is 19.6 Å². The molecule has 0 unspecified atom stereocenters. The zero-order valence-electron chi connectivity index (χ0n) is 10.1. The third-order valence-corrected chi connectivity index (χ3v) is 2.16. The number of carbonyl (C=O) groups excluding carboxylic acids is 1. The molecule has 0 aromatic heterocycles. The van der Waals surface area contributed by atoms with Crippen LogP contribution in [0, 0.1) is 0 Å². The molecule has 0 atom stereocenters. The van der Waals surface area contributed by atoms with Gasteiger partial charge in [0.05, 0.1) is 6.61 Å². The first-order chi connectivity index (χ1) is 8.33. The van der Waals surface area contributed by atoms with Crippen molar-refractivity contribution in [1.82, 2.24) is 5.48 Å². The number of nitrogens with one attached hydrogen (secondary N) is 1. The van der Waals surface area contributed by atoms with E-state index in [2.05, 4.69) is 5.48 Å². The van der Waals surface area contributed by atoms with Crippen molar-refractivity contribution < 1.29 is 14.4 Å². The summed E-state index contributed by atoms with van der Waals surface area (Å²) in [5, 5.41) is 0. The van der Waals surface area contributed by atoms with Crippen LogP contribution in [0.15, 0.2) is 30.3 Å². The minimum Gasteiger partial charge on any atom is -0.382 e. The second kappa shape index (κ2) is 8.73. The van der Waals surface area contributed by atoms with Gasteiger partial charge in [-0.2, -0.15) is 0 Å². The van der Waals surface area contributed by atoms with E-state index in [0.717, 1.165) is 5.56 Å². The molecule has 0 saturated carbocycles. The second-order valence-corrected chi connectivity index (χ2v) is 3.60. The molecule has 1 amide bonds. The fourth-order valence-corrected chi connectivity index (χ4v) is 1.30. The highest BCUT2D eigenvalue weighted by Crippen LogP contribution is 1.99. The molecule has 0 spiro atoms. The van der Waals surface area contributed by atoms with Gasteiger partial charge in [0.2, 0.25) is 5.91 Å². The van der Waals surface area contributed by atoms with Crippen LogP contribution in [0.3, 0.4) is 0 Å². The quantitative estimate of drug-likeness (QED) is 0.556. The van der Waals surface area contributed by atoms with Crippen LogP contribution in [0.5, 0.6) is 0 Å². The van der Waals surface area contributed by atoms with E-state index in [0.29, 0.717) is 32.7 Å². The molecule has 0 aliphatic heterocycles. The Balaban J connectivity index is 2.04. The van der Waals surface area contributed by atoms with Crippen LogP contribution in [0.25, 0.3) is 0 Å². The number of hydroxylamine groups is 1. The van der Waals surface area contributed by atoms with Gasteiger partial charge >= 0.3 is 0 Å². The van der Waals surface area contributed by atoms with E-state index in [1.165, 1.54) is 0 Å². The topological polar surface area (TPSA) is 47.6 Å². The fraction of sp³-hybridized carbons (Fsp3) is 0.462. The first-order valence-electron chi connectivity index (χ1n) is 5.85. The second-order valence-electron chi connectivity index (χ2n) is 3.60. The molecule has 1 aromatic carbocycles. The maximum atomic E-state index is 11.3. The SMILES string of the molecule is CCOCCCC(=O)NOCc1ccccc1. The van der Waals surface area contributed by atoms with Gasteiger partial charge in [-0.15, -0.1) is 0 Å². The highest BCUT2D eigenvalue weighted by atomic mass is 16.6. The number of hydrogen-bond acceptors (Lipinski definition) is 3. The third-order valence-electron chi connectivity index (χ3n) is 2.16. The van der Waals surface area contributed by atoms with Gasteiger partial charge in [-0.1, -0.05) is 30.3 Å². The van der Waals surface area contributed by atoms with Gasteiger partial charge in [-0.05, 0) is 18.9 Å². The number of rotatable bonds is 8. The first kappa shape index (κ1) is 13.7. The molecular weight excluding hydrogens is 218 g/mol. The number of hydrogen-bond donors (Lipinski definition) is 1. The Morgan fingerprint density at radius 2 is 2.06 bits per heavy atom. The summed E-state index contributed by atoms with van der Waals surface area (Å²) in [5.74, 6) is -0.111. The monoisotopic (exact) mass is 237 g/mol. The average Bonchev–Trinajstić information content (AvgIpc) is 2.36. The number of benzene rings is 1. The van der Waals surface area contributed by atoms with Crippen LogP contribution < -0.4 is 5.48 Å². The van der Waals surface area contributed by atoms with Crippen molar-refractivity contribution in [1.29, 1.82) is 0 Å². The van der Waals surface area contributed by atoms with Crippen molar-refractivity contribution in [3.63, 3.8) is 0 Å². The molecule has 0 fully saturated rings. The zero-order chi connectivity index (χ0) is 12.3. The van der Waals surface area contributed by atoms with Crippen molar-refractivity contribution in [2.24, 2.45) is 0 Å². The molecular formula is C13H19NO3. The normalized spacial score (nSPS) is 10.2. The van der Waals surface area contributed by atoms with Crippen LogP contribution in [0.1, 0.15) is 25.3 Å². The number of ether oxygens (including phenoxy) is 1. The minimum absolute atomic E-state index is 0.111. The molecule has 94 valence electrons. The number of carbonyl (C=O) groups is 1. The fourth-order valence-electron chi connectivity index (χ4n) is 1.30. The van der Waals surface area contributed by atoms with E-state index >= 15 is 0 Å². The molecule has 4 nitrogen and oxygen atoms in total. The molecule has 1 rings (SSSR count). The molecule has 0 aliphatic carbocycles. The van der Waals surface area contributed by atoms with Crippen LogP contribution in [0.4, 0.5) is 0 Å². The lowest BCUT2D eigenvalue weighted by Crippen LogP contribution is -2.23. The summed E-state index contributed by atoms with van der Waals surface area (Å²) in [6.07, 6.45) is 1.14. The molecule has 0 bridgehead atoms. The minimum atomic E-state index is -0.111. The van der Waals surface area contributed by atoms with Crippen molar-refractivity contribution >= 4 is 5.91 Å². The predicted molar refractivity (Wildman–Crippen MR) is 65.1 cm³/mol. The average molecular weight is 237 g/mol. The van der Waals surface area contributed by atoms with E-state index in [-0.39, 0.29) is 5.91 Å². The molecule has 17 heavy (non-hydrogen) atoms. The lowest BCUT2D eigenvalue weighted by Gasteiger charge is -2.06. The summed E-state index contributed by atoms with van der Waals surface area (Å²) >= 11 is 0. The number of amides is 1. The molecule has 1 aromatic rings. The van der Waals surface area contributed by atoms with E-state index in [4.69, 9.17) is 9.57 Å². The van der Waals surface area contributed by atoms with Gasteiger partial charge < -0.3 is 4.74 Å². The molecule has 0 radical (unpaired) electrons. The molecule has 0 aliphatic rings. The van der Waals surface area contributed by atoms with E-state index < -0.39 is 0 Å². The van der Waals surface area contributed by atoms with E-state index in [1.807, 2.05) is 37.3 Å². The Kier molecular flexibility index (Phi) is 7.02. The Morgan fingerprint density at radius 1 is 1.29 bits per heavy atom. The van der Waals surface area contributed by atoms with Crippen LogP contribution in [-0.4, -0.2) is 19.1 Å². The molecule has 0 saturated heterocycles. The van der Waals surface area contributed by atoms with E-state index in [1.54, 1.807) is 0 Å². The largest absolute Gasteiger partial charge is 0.382 e. The molecule has 4 heteroatoms. The maximum Gasteiger partial charge on any atom is 0.243 e. The van der Waals surface area contributed by atoms with Crippen molar-refractivity contribution in [3.8, 4) is 0 Å². The van der Waals surface area contributed by atoms with Gasteiger partial charge in [-0.3, -0.25) is 9.63 Å². The summed E-state index contributed by atoms with van der Waals surface area (Å²) in [7, 11) is 0. The van der Waals surface area contributed by atoms with Crippen LogP contribution >= 0.6 is 0 Å². The predicted octanol–water partition coefficient (Wildman–Crippen LogP) is 2.05. The van der Waals surface area contributed by atoms with Crippen molar-refractivity contribution in [2.45, 2.75) is 26.4 Å². The van der Waals surface area contributed by atoms with Gasteiger partial charge in [0.25, 0.3) is 0 Å². The van der Waals surface area contributed by atoms with Crippen molar-refractivity contribution in [2.75, 3.05) is 13.2 Å². The van der Waals surface area contributed by atoms with E-state index in [9.17, 15) is 4.79 Å². The summed E-state index contributed by atoms with van der Waals surface area (Å²) in [6.45, 7) is 3.62. The highest BCUT2D eigenvalue weighted by Gasteiger charge is 2.00. The van der Waals surface area contributed by atoms with Gasteiger partial charge in [0.15, 0.2) is 0 Å². The summed E-state index contributed by atoms with van der Waals surface area (Å²) in [6, 6.07) is 9.70. The lowest BCUT2D eigenvalue weighted by atomic mass is 10.2. The zero-order valence-corrected chi connectivity index (χ0v) is 10.1. The Morgan fingerprint density at radius 3 is 2.76 bits per heavy atom. The third kappa shape index (κ3) is 6.71. The summed E-state index contributed by atoms with van der Waals surface area (Å²) in [4.78, 5) is 16.4. The van der Waals surface area contributed by atoms with Gasteiger partial charge in [-0.25, -0.2) is 5.48 Å². The summed E-state index contributed by atoms with van der Waals surface area (Å²) < 4.78 is 5.14. The maximum absolute atomic E-state index is 11.3. The Hall–Kier alpha value is -1.39. The first-order valence-corrected chi connectivity index (χ1v) is 5.85. The van der Waals surface area contributed by atoms with Gasteiger partial charge in [0.1, 0.15) is 0 Å². The molecule has 1 N–H and O–H groups in total. The Labute approximate surface area is 102 Å².